The minimum Gasteiger partial charge on any atom is -0.361 e. The topological polar surface area (TPSA) is 39.3 Å². The Morgan fingerprint density at radius 1 is 1.13 bits per heavy atom. The van der Waals surface area contributed by atoms with E-state index in [9.17, 15) is 18.0 Å². The third-order valence-corrected chi connectivity index (χ3v) is 4.16. The van der Waals surface area contributed by atoms with Gasteiger partial charge in [-0.1, -0.05) is 12.1 Å². The average molecular weight is 325 g/mol. The summed E-state index contributed by atoms with van der Waals surface area (Å²) in [5, 5.41) is 1.16. The summed E-state index contributed by atoms with van der Waals surface area (Å²) < 4.78 is 36.8. The van der Waals surface area contributed by atoms with Crippen molar-refractivity contribution in [3.8, 4) is 0 Å². The first kappa shape index (κ1) is 15.9. The third kappa shape index (κ3) is 3.85. The SMILES string of the molecule is O=C(CC(F)(F)F)N1CCN(Cc2cccc3[nH]ccc23)CC1. The van der Waals surface area contributed by atoms with Crippen molar-refractivity contribution in [2.45, 2.75) is 19.1 Å². The van der Waals surface area contributed by atoms with Gasteiger partial charge in [0.25, 0.3) is 0 Å². The van der Waals surface area contributed by atoms with Crippen LogP contribution in [0.25, 0.3) is 10.9 Å². The van der Waals surface area contributed by atoms with Crippen LogP contribution in [-0.4, -0.2) is 53.0 Å². The first-order valence-corrected chi connectivity index (χ1v) is 7.54. The molecule has 1 fully saturated rings. The van der Waals surface area contributed by atoms with Gasteiger partial charge in [-0.2, -0.15) is 13.2 Å². The van der Waals surface area contributed by atoms with Crippen molar-refractivity contribution in [3.05, 3.63) is 36.0 Å². The van der Waals surface area contributed by atoms with Crippen LogP contribution < -0.4 is 0 Å². The number of aromatic nitrogens is 1. The van der Waals surface area contributed by atoms with E-state index in [-0.39, 0.29) is 0 Å². The van der Waals surface area contributed by atoms with Crippen molar-refractivity contribution < 1.29 is 18.0 Å². The van der Waals surface area contributed by atoms with Crippen molar-refractivity contribution in [2.24, 2.45) is 0 Å². The van der Waals surface area contributed by atoms with Crippen LogP contribution in [0.1, 0.15) is 12.0 Å². The summed E-state index contributed by atoms with van der Waals surface area (Å²) in [7, 11) is 0. The fourth-order valence-corrected chi connectivity index (χ4v) is 2.97. The van der Waals surface area contributed by atoms with Gasteiger partial charge < -0.3 is 9.88 Å². The van der Waals surface area contributed by atoms with E-state index in [2.05, 4.69) is 16.0 Å². The zero-order valence-corrected chi connectivity index (χ0v) is 12.6. The molecule has 0 aliphatic carbocycles. The number of carbonyl (C=O) groups excluding carboxylic acids is 1. The highest BCUT2D eigenvalue weighted by atomic mass is 19.4. The molecule has 0 saturated carbocycles. The number of hydrogen-bond donors (Lipinski definition) is 1. The number of nitrogens with zero attached hydrogens (tertiary/aromatic N) is 2. The zero-order chi connectivity index (χ0) is 16.4. The van der Waals surface area contributed by atoms with E-state index in [1.165, 1.54) is 10.5 Å². The van der Waals surface area contributed by atoms with Gasteiger partial charge in [0.15, 0.2) is 0 Å². The molecule has 0 unspecified atom stereocenters. The van der Waals surface area contributed by atoms with Crippen LogP contribution in [0.5, 0.6) is 0 Å². The molecule has 1 aromatic heterocycles. The lowest BCUT2D eigenvalue weighted by Gasteiger charge is -2.35. The molecule has 4 nitrogen and oxygen atoms in total. The first-order chi connectivity index (χ1) is 10.9. The Morgan fingerprint density at radius 3 is 2.57 bits per heavy atom. The highest BCUT2D eigenvalue weighted by Crippen LogP contribution is 2.22. The molecular formula is C16H18F3N3O. The lowest BCUT2D eigenvalue weighted by Crippen LogP contribution is -2.49. The lowest BCUT2D eigenvalue weighted by molar-refractivity contribution is -0.162. The van der Waals surface area contributed by atoms with Crippen LogP contribution in [0.4, 0.5) is 13.2 Å². The van der Waals surface area contributed by atoms with Crippen LogP contribution in [0, 0.1) is 0 Å². The molecule has 0 spiro atoms. The maximum Gasteiger partial charge on any atom is 0.397 e. The second-order valence-corrected chi connectivity index (χ2v) is 5.80. The van der Waals surface area contributed by atoms with Gasteiger partial charge in [0.2, 0.25) is 5.91 Å². The van der Waals surface area contributed by atoms with E-state index < -0.39 is 18.5 Å². The van der Waals surface area contributed by atoms with Crippen LogP contribution >= 0.6 is 0 Å². The molecule has 1 saturated heterocycles. The van der Waals surface area contributed by atoms with E-state index in [0.29, 0.717) is 26.2 Å². The summed E-state index contributed by atoms with van der Waals surface area (Å²) in [5.41, 5.74) is 2.25. The third-order valence-electron chi connectivity index (χ3n) is 4.16. The molecule has 0 radical (unpaired) electrons. The number of rotatable bonds is 3. The van der Waals surface area contributed by atoms with Crippen molar-refractivity contribution in [1.29, 1.82) is 0 Å². The van der Waals surface area contributed by atoms with E-state index in [1.54, 1.807) is 0 Å². The Hall–Kier alpha value is -2.02. The van der Waals surface area contributed by atoms with Gasteiger partial charge in [-0.3, -0.25) is 9.69 Å². The monoisotopic (exact) mass is 325 g/mol. The summed E-state index contributed by atoms with van der Waals surface area (Å²) in [6.45, 7) is 2.60. The van der Waals surface area contributed by atoms with E-state index in [1.807, 2.05) is 24.4 Å². The number of benzene rings is 1. The number of H-pyrrole nitrogens is 1. The molecule has 2 aromatic rings. The van der Waals surface area contributed by atoms with E-state index in [4.69, 9.17) is 0 Å². The minimum absolute atomic E-state index is 0.345. The number of hydrogen-bond acceptors (Lipinski definition) is 2. The smallest absolute Gasteiger partial charge is 0.361 e. The fraction of sp³-hybridized carbons (Fsp3) is 0.438. The van der Waals surface area contributed by atoms with E-state index in [0.717, 1.165) is 17.4 Å². The number of aromatic amines is 1. The number of halogens is 3. The molecule has 1 N–H and O–H groups in total. The maximum atomic E-state index is 12.3. The molecule has 7 heteroatoms. The highest BCUT2D eigenvalue weighted by molar-refractivity contribution is 5.82. The zero-order valence-electron chi connectivity index (χ0n) is 12.6. The predicted octanol–water partition coefficient (Wildman–Crippen LogP) is 2.76. The van der Waals surface area contributed by atoms with Crippen LogP contribution in [-0.2, 0) is 11.3 Å². The van der Waals surface area contributed by atoms with Gasteiger partial charge in [-0.05, 0) is 17.7 Å². The summed E-state index contributed by atoms with van der Waals surface area (Å²) in [5.74, 6) is -0.829. The summed E-state index contributed by atoms with van der Waals surface area (Å²) in [4.78, 5) is 18.2. The minimum atomic E-state index is -4.43. The number of nitrogens with one attached hydrogen (secondary N) is 1. The van der Waals surface area contributed by atoms with E-state index >= 15 is 0 Å². The molecule has 23 heavy (non-hydrogen) atoms. The van der Waals surface area contributed by atoms with Crippen LogP contribution in [0.15, 0.2) is 30.5 Å². The average Bonchev–Trinajstić information content (AvgIpc) is 2.96. The molecule has 1 aliphatic rings. The number of piperazine rings is 1. The van der Waals surface area contributed by atoms with Crippen LogP contribution in [0.2, 0.25) is 0 Å². The van der Waals surface area contributed by atoms with Crippen molar-refractivity contribution in [2.75, 3.05) is 26.2 Å². The second kappa shape index (κ2) is 6.23. The molecular weight excluding hydrogens is 307 g/mol. The lowest BCUT2D eigenvalue weighted by atomic mass is 10.1. The van der Waals surface area contributed by atoms with Crippen molar-refractivity contribution >= 4 is 16.8 Å². The molecule has 0 atom stereocenters. The molecule has 124 valence electrons. The standard InChI is InChI=1S/C16H18F3N3O/c17-16(18,19)10-15(23)22-8-6-21(7-9-22)11-12-2-1-3-14-13(12)4-5-20-14/h1-5,20H,6-11H2. The Bertz CT molecular complexity index is 687. The Balaban J connectivity index is 1.57. The van der Waals surface area contributed by atoms with Gasteiger partial charge in [-0.25, -0.2) is 0 Å². The normalized spacial score (nSPS) is 16.9. The summed E-state index contributed by atoms with van der Waals surface area (Å²) >= 11 is 0. The molecule has 1 aliphatic heterocycles. The highest BCUT2D eigenvalue weighted by Gasteiger charge is 2.34. The van der Waals surface area contributed by atoms with Gasteiger partial charge in [-0.15, -0.1) is 0 Å². The van der Waals surface area contributed by atoms with Crippen molar-refractivity contribution in [3.63, 3.8) is 0 Å². The fourth-order valence-electron chi connectivity index (χ4n) is 2.97. The quantitative estimate of drug-likeness (QED) is 0.942. The van der Waals surface area contributed by atoms with Gasteiger partial charge in [0.1, 0.15) is 6.42 Å². The molecule has 0 bridgehead atoms. The Kier molecular flexibility index (Phi) is 4.30. The number of carbonyl (C=O) groups is 1. The van der Waals surface area contributed by atoms with Gasteiger partial charge in [0, 0.05) is 49.8 Å². The molecule has 2 heterocycles. The molecule has 3 rings (SSSR count). The number of alkyl halides is 3. The molecule has 1 amide bonds. The summed E-state index contributed by atoms with van der Waals surface area (Å²) in [6, 6.07) is 8.06. The van der Waals surface area contributed by atoms with Crippen LogP contribution in [0.3, 0.4) is 0 Å². The van der Waals surface area contributed by atoms with Crippen molar-refractivity contribution in [1.82, 2.24) is 14.8 Å². The predicted molar refractivity (Wildman–Crippen MR) is 80.8 cm³/mol. The number of fused-ring (bicyclic) bond motifs is 1. The first-order valence-electron chi connectivity index (χ1n) is 7.54. The maximum absolute atomic E-state index is 12.3. The Morgan fingerprint density at radius 2 is 1.87 bits per heavy atom. The second-order valence-electron chi connectivity index (χ2n) is 5.80. The molecule has 1 aromatic carbocycles. The van der Waals surface area contributed by atoms with Gasteiger partial charge in [0.05, 0.1) is 0 Å². The number of amides is 1. The summed E-state index contributed by atoms with van der Waals surface area (Å²) in [6.07, 6.45) is -3.91. The van der Waals surface area contributed by atoms with Gasteiger partial charge >= 0.3 is 6.18 Å². The Labute approximate surface area is 131 Å². The largest absolute Gasteiger partial charge is 0.397 e.